The van der Waals surface area contributed by atoms with E-state index in [1.54, 1.807) is 24.3 Å². The van der Waals surface area contributed by atoms with E-state index < -0.39 is 6.04 Å². The normalized spacial score (nSPS) is 22.2. The predicted octanol–water partition coefficient (Wildman–Crippen LogP) is 2.75. The van der Waals surface area contributed by atoms with Crippen molar-refractivity contribution in [3.8, 4) is 0 Å². The molecule has 1 aliphatic heterocycles. The quantitative estimate of drug-likeness (QED) is 0.780. The number of hydrogen-bond acceptors (Lipinski definition) is 4. The zero-order chi connectivity index (χ0) is 20.4. The highest BCUT2D eigenvalue weighted by Crippen LogP contribution is 2.47. The van der Waals surface area contributed by atoms with Crippen LogP contribution in [0.5, 0.6) is 0 Å². The molecule has 5 nitrogen and oxygen atoms in total. The van der Waals surface area contributed by atoms with E-state index >= 15 is 0 Å². The first-order valence-electron chi connectivity index (χ1n) is 9.85. The topological polar surface area (TPSA) is 61.8 Å². The standard InChI is InChI=1S/C22H24F2N2O3/c23-16-4-1-14(2-5-16)17-12-18(17)22(28)25-20(13-27)15-3-6-19(24)21(11-15)26-7-9-29-10-8-26/h1-6,11,17-18,20,27H,7-10,12-13H2,(H,25,28)/t17?,18?,20-/m0/s1. The average Bonchev–Trinajstić information content (AvgIpc) is 3.54. The zero-order valence-electron chi connectivity index (χ0n) is 16.0. The third-order valence-corrected chi connectivity index (χ3v) is 5.65. The van der Waals surface area contributed by atoms with Crippen molar-refractivity contribution in [3.05, 3.63) is 65.2 Å². The highest BCUT2D eigenvalue weighted by molar-refractivity contribution is 5.83. The van der Waals surface area contributed by atoms with Crippen LogP contribution in [0.25, 0.3) is 0 Å². The Hall–Kier alpha value is -2.51. The second-order valence-electron chi connectivity index (χ2n) is 7.55. The zero-order valence-corrected chi connectivity index (χ0v) is 16.0. The summed E-state index contributed by atoms with van der Waals surface area (Å²) < 4.78 is 32.7. The number of benzene rings is 2. The summed E-state index contributed by atoms with van der Waals surface area (Å²) in [5, 5.41) is 12.7. The Morgan fingerprint density at radius 2 is 1.90 bits per heavy atom. The Bertz CT molecular complexity index is 869. The fourth-order valence-electron chi connectivity index (χ4n) is 3.87. The second-order valence-corrected chi connectivity index (χ2v) is 7.55. The van der Waals surface area contributed by atoms with Crippen LogP contribution in [0.2, 0.25) is 0 Å². The van der Waals surface area contributed by atoms with Gasteiger partial charge in [-0.15, -0.1) is 0 Å². The van der Waals surface area contributed by atoms with Crippen LogP contribution < -0.4 is 10.2 Å². The lowest BCUT2D eigenvalue weighted by atomic mass is 10.0. The van der Waals surface area contributed by atoms with Gasteiger partial charge in [0.25, 0.3) is 0 Å². The van der Waals surface area contributed by atoms with Gasteiger partial charge in [-0.05, 0) is 47.7 Å². The molecule has 2 N–H and O–H groups in total. The summed E-state index contributed by atoms with van der Waals surface area (Å²) in [6.07, 6.45) is 0.693. The lowest BCUT2D eigenvalue weighted by Crippen LogP contribution is -2.37. The third kappa shape index (κ3) is 4.41. The molecule has 0 bridgehead atoms. The monoisotopic (exact) mass is 402 g/mol. The van der Waals surface area contributed by atoms with Gasteiger partial charge in [-0.25, -0.2) is 8.78 Å². The maximum absolute atomic E-state index is 14.3. The molecule has 1 saturated heterocycles. The van der Waals surface area contributed by atoms with Crippen LogP contribution in [0.1, 0.15) is 29.5 Å². The number of nitrogens with one attached hydrogen (secondary N) is 1. The predicted molar refractivity (Wildman–Crippen MR) is 105 cm³/mol. The third-order valence-electron chi connectivity index (χ3n) is 5.65. The molecule has 7 heteroatoms. The highest BCUT2D eigenvalue weighted by atomic mass is 19.1. The summed E-state index contributed by atoms with van der Waals surface area (Å²) in [6, 6.07) is 10.2. The number of aliphatic hydroxyl groups excluding tert-OH is 1. The van der Waals surface area contributed by atoms with Crippen LogP contribution in [0.15, 0.2) is 42.5 Å². The summed E-state index contributed by atoms with van der Waals surface area (Å²) in [6.45, 7) is 1.98. The number of ether oxygens (including phenoxy) is 1. The van der Waals surface area contributed by atoms with Gasteiger partial charge >= 0.3 is 0 Å². The number of nitrogens with zero attached hydrogens (tertiary/aromatic N) is 1. The van der Waals surface area contributed by atoms with Gasteiger partial charge in [0.05, 0.1) is 31.5 Å². The number of amides is 1. The second kappa shape index (κ2) is 8.47. The molecule has 2 fully saturated rings. The molecular formula is C22H24F2N2O3. The minimum Gasteiger partial charge on any atom is -0.394 e. The molecular weight excluding hydrogens is 378 g/mol. The Kier molecular flexibility index (Phi) is 5.78. The van der Waals surface area contributed by atoms with Crippen LogP contribution in [0, 0.1) is 17.6 Å². The lowest BCUT2D eigenvalue weighted by molar-refractivity contribution is -0.123. The van der Waals surface area contributed by atoms with Crippen molar-refractivity contribution in [3.63, 3.8) is 0 Å². The Morgan fingerprint density at radius 1 is 1.17 bits per heavy atom. The number of anilines is 1. The van der Waals surface area contributed by atoms with Gasteiger partial charge in [0.1, 0.15) is 11.6 Å². The summed E-state index contributed by atoms with van der Waals surface area (Å²) in [7, 11) is 0. The number of carbonyl (C=O) groups is 1. The van der Waals surface area contributed by atoms with E-state index in [1.807, 2.05) is 4.90 Å². The first-order chi connectivity index (χ1) is 14.1. The Labute approximate surface area is 168 Å². The van der Waals surface area contributed by atoms with E-state index in [-0.39, 0.29) is 36.0 Å². The summed E-state index contributed by atoms with van der Waals surface area (Å²) in [4.78, 5) is 14.6. The van der Waals surface area contributed by atoms with Crippen molar-refractivity contribution in [2.45, 2.75) is 18.4 Å². The van der Waals surface area contributed by atoms with Gasteiger partial charge in [-0.2, -0.15) is 0 Å². The largest absolute Gasteiger partial charge is 0.394 e. The Morgan fingerprint density at radius 3 is 2.59 bits per heavy atom. The molecule has 2 aliphatic rings. The molecule has 1 aliphatic carbocycles. The van der Waals surface area contributed by atoms with Crippen molar-refractivity contribution in [1.82, 2.24) is 5.32 Å². The van der Waals surface area contributed by atoms with Crippen molar-refractivity contribution in [2.24, 2.45) is 5.92 Å². The van der Waals surface area contributed by atoms with Crippen LogP contribution in [-0.2, 0) is 9.53 Å². The molecule has 154 valence electrons. The molecule has 2 unspecified atom stereocenters. The van der Waals surface area contributed by atoms with Gasteiger partial charge in [0, 0.05) is 19.0 Å². The number of rotatable bonds is 6. The van der Waals surface area contributed by atoms with Crippen LogP contribution >= 0.6 is 0 Å². The van der Waals surface area contributed by atoms with E-state index in [0.717, 1.165) is 5.56 Å². The molecule has 2 aromatic rings. The lowest BCUT2D eigenvalue weighted by Gasteiger charge is -2.30. The van der Waals surface area contributed by atoms with Crippen molar-refractivity contribution in [1.29, 1.82) is 0 Å². The average molecular weight is 402 g/mol. The van der Waals surface area contributed by atoms with E-state index in [0.29, 0.717) is 44.0 Å². The number of aliphatic hydroxyl groups is 1. The Balaban J connectivity index is 1.44. The fourth-order valence-corrected chi connectivity index (χ4v) is 3.87. The van der Waals surface area contributed by atoms with Crippen molar-refractivity contribution < 1.29 is 23.4 Å². The van der Waals surface area contributed by atoms with E-state index in [9.17, 15) is 18.7 Å². The molecule has 2 aromatic carbocycles. The van der Waals surface area contributed by atoms with E-state index in [1.165, 1.54) is 18.2 Å². The summed E-state index contributed by atoms with van der Waals surface area (Å²) >= 11 is 0. The fraction of sp³-hybridized carbons (Fsp3) is 0.409. The smallest absolute Gasteiger partial charge is 0.224 e. The molecule has 0 aromatic heterocycles. The highest BCUT2D eigenvalue weighted by Gasteiger charge is 2.44. The van der Waals surface area contributed by atoms with E-state index in [4.69, 9.17) is 4.74 Å². The van der Waals surface area contributed by atoms with Gasteiger partial charge < -0.3 is 20.1 Å². The SMILES string of the molecule is O=C(N[C@@H](CO)c1ccc(F)c(N2CCOCC2)c1)C1CC1c1ccc(F)cc1. The molecule has 1 amide bonds. The van der Waals surface area contributed by atoms with Gasteiger partial charge in [0.2, 0.25) is 5.91 Å². The van der Waals surface area contributed by atoms with Crippen molar-refractivity contribution in [2.75, 3.05) is 37.8 Å². The molecule has 0 spiro atoms. The maximum Gasteiger partial charge on any atom is 0.224 e. The van der Waals surface area contributed by atoms with Crippen LogP contribution in [-0.4, -0.2) is 43.9 Å². The molecule has 0 radical (unpaired) electrons. The number of morpholine rings is 1. The first-order valence-corrected chi connectivity index (χ1v) is 9.85. The van der Waals surface area contributed by atoms with Gasteiger partial charge in [-0.3, -0.25) is 4.79 Å². The van der Waals surface area contributed by atoms with E-state index in [2.05, 4.69) is 5.32 Å². The molecule has 1 saturated carbocycles. The van der Waals surface area contributed by atoms with Gasteiger partial charge in [0.15, 0.2) is 0 Å². The minimum atomic E-state index is -0.614. The van der Waals surface area contributed by atoms with Gasteiger partial charge in [-0.1, -0.05) is 18.2 Å². The first kappa shape index (κ1) is 19.8. The minimum absolute atomic E-state index is 0.0621. The van der Waals surface area contributed by atoms with Crippen molar-refractivity contribution >= 4 is 11.6 Å². The molecule has 29 heavy (non-hydrogen) atoms. The summed E-state index contributed by atoms with van der Waals surface area (Å²) in [5.74, 6) is -0.934. The number of hydrogen-bond donors (Lipinski definition) is 2. The number of halogens is 2. The van der Waals surface area contributed by atoms with Crippen LogP contribution in [0.3, 0.4) is 0 Å². The molecule has 1 heterocycles. The molecule has 4 rings (SSSR count). The van der Waals surface area contributed by atoms with Crippen LogP contribution in [0.4, 0.5) is 14.5 Å². The molecule has 3 atom stereocenters. The maximum atomic E-state index is 14.3. The summed E-state index contributed by atoms with van der Waals surface area (Å²) in [5.41, 5.74) is 2.04. The number of carbonyl (C=O) groups excluding carboxylic acids is 1.